The molecule has 14 heterocycles. The van der Waals surface area contributed by atoms with Crippen molar-refractivity contribution in [2.45, 2.75) is 71.6 Å². The van der Waals surface area contributed by atoms with Gasteiger partial charge in [-0.2, -0.15) is 0 Å². The Labute approximate surface area is 790 Å². The van der Waals surface area contributed by atoms with Gasteiger partial charge < -0.3 is 28.1 Å². The lowest BCUT2D eigenvalue weighted by atomic mass is 9.73. The maximum absolute atomic E-state index is 5.35. The fourth-order valence-corrected chi connectivity index (χ4v) is 19.8. The third-order valence-electron chi connectivity index (χ3n) is 26.3. The molecule has 137 heavy (non-hydrogen) atoms. The summed E-state index contributed by atoms with van der Waals surface area (Å²) in [6.07, 6.45) is 12.9. The standard InChI is InChI=1S/C61H50N10.C57H39N9/c1-60(2,3)42-25-29-44(30-26-42)69(45-31-27-43(28-32-45)61(4,5)6)56-50(70-46-21-13-33-62-52(46)53-47(70)22-14-34-63-53)37-41(38-51(56)71-48-23-15-35-64-54(48)55-49(71)24-16-36-65-55)59-67-57(39-17-9-7-10-18-39)66-58(68-59)40-19-11-8-12-20-40;1-57(2)40-23-10-13-26-43(40)66(44-27-14-11-24-41(44)57)53-48(64-42-25-12-9-22-39(42)50-45(64)28-15-31-58-50)34-38(35-49(53)65-46-29-16-32-59-51(46)52-47(65)30-17-33-60-52)56-62-54(36-18-5-3-6-19-36)61-55(63-56)37-20-7-4-8-21-37/h7-38H,1-6H3;3-35H,1-2H3. The molecule has 1 aliphatic heterocycles. The lowest BCUT2D eigenvalue weighted by Crippen LogP contribution is -2.31. The Morgan fingerprint density at radius 2 is 0.489 bits per heavy atom. The van der Waals surface area contributed by atoms with E-state index in [1.165, 1.54) is 22.3 Å². The van der Waals surface area contributed by atoms with Gasteiger partial charge >= 0.3 is 0 Å². The Hall–Kier alpha value is -17.7. The molecule has 0 spiro atoms. The number of hydrogen-bond acceptors (Lipinski definition) is 15. The summed E-state index contributed by atoms with van der Waals surface area (Å²) < 4.78 is 9.29. The highest BCUT2D eigenvalue weighted by Gasteiger charge is 2.41. The van der Waals surface area contributed by atoms with Crippen molar-refractivity contribution in [2.24, 2.45) is 0 Å². The van der Waals surface area contributed by atoms with Crippen molar-refractivity contribution in [1.82, 2.24) is 83.1 Å². The number of anilines is 6. The molecule has 656 valence electrons. The molecule has 19 heteroatoms. The minimum absolute atomic E-state index is 0.0661. The van der Waals surface area contributed by atoms with Gasteiger partial charge in [0.05, 0.1) is 95.1 Å². The summed E-state index contributed by atoms with van der Waals surface area (Å²) in [5.41, 5.74) is 32.2. The first-order valence-corrected chi connectivity index (χ1v) is 46.1. The predicted octanol–water partition coefficient (Wildman–Crippen LogP) is 28.1. The molecule has 0 unspecified atom stereocenters. The second-order valence-electron chi connectivity index (χ2n) is 37.2. The number of fused-ring (bicyclic) bond motifs is 14. The molecule has 0 saturated carbocycles. The number of pyridine rings is 7. The minimum Gasteiger partial charge on any atom is -0.307 e. The van der Waals surface area contributed by atoms with Gasteiger partial charge in [0.15, 0.2) is 34.9 Å². The summed E-state index contributed by atoms with van der Waals surface area (Å²) in [6.45, 7) is 18.2. The topological polar surface area (TPSA) is 194 Å². The second-order valence-corrected chi connectivity index (χ2v) is 37.2. The number of para-hydroxylation sites is 3. The Balaban J connectivity index is 0.000000150. The Bertz CT molecular complexity index is 8130. The van der Waals surface area contributed by atoms with E-state index in [1.807, 2.05) is 207 Å². The van der Waals surface area contributed by atoms with Crippen molar-refractivity contribution in [3.8, 4) is 91.1 Å². The van der Waals surface area contributed by atoms with Crippen molar-refractivity contribution >= 4 is 122 Å². The normalized spacial score (nSPS) is 12.6. The fourth-order valence-electron chi connectivity index (χ4n) is 19.8. The monoisotopic (exact) mass is 1770 g/mol. The number of nitrogens with zero attached hydrogens (tertiary/aromatic N) is 19. The molecule has 25 rings (SSSR count). The molecule has 0 radical (unpaired) electrons. The van der Waals surface area contributed by atoms with Crippen LogP contribution in [0.25, 0.3) is 179 Å². The maximum Gasteiger partial charge on any atom is 0.164 e. The van der Waals surface area contributed by atoms with E-state index in [4.69, 9.17) is 64.8 Å². The summed E-state index contributed by atoms with van der Waals surface area (Å²) in [7, 11) is 0. The molecule has 11 aromatic carbocycles. The van der Waals surface area contributed by atoms with Gasteiger partial charge in [-0.15, -0.1) is 0 Å². The van der Waals surface area contributed by atoms with Gasteiger partial charge in [-0.1, -0.05) is 256 Å². The SMILES string of the molecule is CC(C)(C)c1ccc(N(c2ccc(C(C)(C)C)cc2)c2c(-n3c4cccnc4c4ncccc43)cc(-c3nc(-c4ccccc4)nc(-c4ccccc4)n3)cc2-n2c3cccnc3c3ncccc32)cc1.CC1(C)c2ccccc2N(c2c(-n3c4ccccc4c4ncccc43)cc(-c3nc(-c4ccccc4)nc(-c4ccccc4)n3)cc2-n2c3cccnc3c3ncccc32)c2ccccc21. The zero-order valence-electron chi connectivity index (χ0n) is 76.5. The van der Waals surface area contributed by atoms with Crippen LogP contribution in [0.5, 0.6) is 0 Å². The highest BCUT2D eigenvalue weighted by Crippen LogP contribution is 2.57. The van der Waals surface area contributed by atoms with Crippen molar-refractivity contribution in [1.29, 1.82) is 0 Å². The molecule has 0 fully saturated rings. The summed E-state index contributed by atoms with van der Waals surface area (Å²) in [4.78, 5) is 71.3. The fraction of sp³-hybridized carbons (Fsp3) is 0.0932. The van der Waals surface area contributed by atoms with Crippen LogP contribution in [-0.2, 0) is 16.2 Å². The second kappa shape index (κ2) is 32.9. The van der Waals surface area contributed by atoms with Crippen LogP contribution in [0.1, 0.15) is 77.6 Å². The molecular formula is C118H89N19. The maximum atomic E-state index is 5.35. The van der Waals surface area contributed by atoms with Crippen LogP contribution in [0.2, 0.25) is 0 Å². The lowest BCUT2D eigenvalue weighted by Gasteiger charge is -2.43. The van der Waals surface area contributed by atoms with Gasteiger partial charge in [0.25, 0.3) is 0 Å². The molecule has 0 saturated heterocycles. The van der Waals surface area contributed by atoms with Crippen LogP contribution >= 0.6 is 0 Å². The minimum atomic E-state index is -0.298. The van der Waals surface area contributed by atoms with Crippen LogP contribution < -0.4 is 9.80 Å². The van der Waals surface area contributed by atoms with Gasteiger partial charge in [-0.25, -0.2) is 29.9 Å². The number of rotatable bonds is 14. The van der Waals surface area contributed by atoms with Crippen LogP contribution in [0.15, 0.2) is 395 Å². The van der Waals surface area contributed by atoms with Gasteiger partial charge in [0.1, 0.15) is 33.1 Å². The summed E-state index contributed by atoms with van der Waals surface area (Å²) in [6, 6.07) is 122. The summed E-state index contributed by atoms with van der Waals surface area (Å²) in [5.74, 6) is 3.34. The molecule has 0 amide bonds. The highest BCUT2D eigenvalue weighted by molar-refractivity contribution is 6.12. The molecule has 19 nitrogen and oxygen atoms in total. The van der Waals surface area contributed by atoms with E-state index < -0.39 is 0 Å². The molecule has 24 aromatic rings. The van der Waals surface area contributed by atoms with E-state index in [9.17, 15) is 0 Å². The third-order valence-corrected chi connectivity index (χ3v) is 26.3. The Kier molecular flexibility index (Phi) is 19.8. The van der Waals surface area contributed by atoms with Crippen molar-refractivity contribution in [3.05, 3.63) is 417 Å². The highest BCUT2D eigenvalue weighted by atomic mass is 15.2. The third kappa shape index (κ3) is 14.1. The number of benzene rings is 11. The van der Waals surface area contributed by atoms with E-state index in [0.29, 0.717) is 34.9 Å². The largest absolute Gasteiger partial charge is 0.307 e. The summed E-state index contributed by atoms with van der Waals surface area (Å²) in [5, 5.41) is 1.05. The lowest BCUT2D eigenvalue weighted by molar-refractivity contribution is 0.590. The predicted molar refractivity (Wildman–Crippen MR) is 553 cm³/mol. The molecule has 0 N–H and O–H groups in total. The van der Waals surface area contributed by atoms with Crippen molar-refractivity contribution in [3.63, 3.8) is 0 Å². The van der Waals surface area contributed by atoms with Gasteiger partial charge in [-0.05, 0) is 185 Å². The van der Waals surface area contributed by atoms with Gasteiger partial charge in [0.2, 0.25) is 0 Å². The van der Waals surface area contributed by atoms with E-state index >= 15 is 0 Å². The number of hydrogen-bond donors (Lipinski definition) is 0. The first-order chi connectivity index (χ1) is 67.0. The Morgan fingerprint density at radius 3 is 0.818 bits per heavy atom. The van der Waals surface area contributed by atoms with Crippen LogP contribution in [0.4, 0.5) is 34.1 Å². The van der Waals surface area contributed by atoms with Gasteiger partial charge in [0, 0.05) is 98.9 Å². The average Bonchev–Trinajstić information content (AvgIpc) is 1.06. The van der Waals surface area contributed by atoms with Crippen LogP contribution in [0, 0.1) is 0 Å². The quantitative estimate of drug-likeness (QED) is 0.0997. The van der Waals surface area contributed by atoms with Gasteiger partial charge in [-0.3, -0.25) is 34.9 Å². The van der Waals surface area contributed by atoms with E-state index in [-0.39, 0.29) is 16.2 Å². The Morgan fingerprint density at radius 1 is 0.234 bits per heavy atom. The van der Waals surface area contributed by atoms with E-state index in [2.05, 4.69) is 272 Å². The first kappa shape index (κ1) is 82.4. The zero-order valence-corrected chi connectivity index (χ0v) is 76.5. The molecule has 0 aliphatic carbocycles. The van der Waals surface area contributed by atoms with Crippen molar-refractivity contribution in [2.75, 3.05) is 9.80 Å². The van der Waals surface area contributed by atoms with Crippen molar-refractivity contribution < 1.29 is 0 Å². The summed E-state index contributed by atoms with van der Waals surface area (Å²) >= 11 is 0. The van der Waals surface area contributed by atoms with E-state index in [1.54, 1.807) is 0 Å². The average molecular weight is 1770 g/mol. The van der Waals surface area contributed by atoms with Crippen LogP contribution in [-0.4, -0.2) is 83.1 Å². The molecule has 0 atom stereocenters. The zero-order chi connectivity index (χ0) is 92.4. The molecular weight excluding hydrogens is 1680 g/mol. The molecule has 1 aliphatic rings. The number of aromatic nitrogens is 17. The molecule has 13 aromatic heterocycles. The first-order valence-electron chi connectivity index (χ1n) is 46.1. The van der Waals surface area contributed by atoms with E-state index in [0.717, 1.165) is 178 Å². The van der Waals surface area contributed by atoms with Crippen LogP contribution in [0.3, 0.4) is 0 Å². The molecule has 0 bridgehead atoms. The smallest absolute Gasteiger partial charge is 0.164 e.